The van der Waals surface area contributed by atoms with Gasteiger partial charge in [-0.05, 0) is 12.1 Å². The van der Waals surface area contributed by atoms with Gasteiger partial charge < -0.3 is 9.52 Å². The molecule has 1 N–H and O–H groups in total. The maximum atomic E-state index is 11.1. The fraction of sp³-hybridized carbons (Fsp3) is 0. The zero-order valence-electron chi connectivity index (χ0n) is 9.48. The number of rotatable bonds is 3. The van der Waals surface area contributed by atoms with Crippen LogP contribution < -0.4 is 0 Å². The first kappa shape index (κ1) is 11.5. The van der Waals surface area contributed by atoms with Gasteiger partial charge in [0.1, 0.15) is 4.88 Å². The van der Waals surface area contributed by atoms with E-state index in [9.17, 15) is 4.79 Å². The maximum absolute atomic E-state index is 11.1. The van der Waals surface area contributed by atoms with Crippen molar-refractivity contribution in [1.82, 2.24) is 15.2 Å². The molecule has 2 aromatic heterocycles. The molecule has 0 saturated heterocycles. The van der Waals surface area contributed by atoms with E-state index in [0.717, 1.165) is 4.88 Å². The van der Waals surface area contributed by atoms with Crippen molar-refractivity contribution >= 4 is 17.3 Å². The van der Waals surface area contributed by atoms with E-state index in [1.165, 1.54) is 17.4 Å². The second-order valence-corrected chi connectivity index (χ2v) is 4.52. The molecule has 0 bridgehead atoms. The van der Waals surface area contributed by atoms with Gasteiger partial charge >= 0.3 is 5.97 Å². The number of benzene rings is 1. The minimum absolute atomic E-state index is 0.127. The highest BCUT2D eigenvalue weighted by Crippen LogP contribution is 2.27. The summed E-state index contributed by atoms with van der Waals surface area (Å²) in [6, 6.07) is 6.49. The van der Waals surface area contributed by atoms with E-state index in [-0.39, 0.29) is 11.5 Å². The molecule has 7 heteroatoms. The molecule has 1 aromatic carbocycles. The van der Waals surface area contributed by atoms with E-state index in [0.29, 0.717) is 11.5 Å². The smallest absolute Gasteiger partial charge is 0.336 e. The van der Waals surface area contributed by atoms with E-state index < -0.39 is 5.97 Å². The van der Waals surface area contributed by atoms with Gasteiger partial charge in [-0.2, -0.15) is 0 Å². The molecule has 0 atom stereocenters. The molecule has 0 amide bonds. The molecule has 0 fully saturated rings. The molecule has 0 spiro atoms. The zero-order chi connectivity index (χ0) is 13.2. The second kappa shape index (κ2) is 4.62. The summed E-state index contributed by atoms with van der Waals surface area (Å²) in [5.74, 6) is -0.521. The highest BCUT2D eigenvalue weighted by molar-refractivity contribution is 7.13. The van der Waals surface area contributed by atoms with Gasteiger partial charge in [-0.1, -0.05) is 12.1 Å². The molecule has 0 radical (unpaired) electrons. The van der Waals surface area contributed by atoms with Gasteiger partial charge in [-0.25, -0.2) is 4.79 Å². The van der Waals surface area contributed by atoms with E-state index in [4.69, 9.17) is 9.52 Å². The topological polar surface area (TPSA) is 89.1 Å². The fourth-order valence-electron chi connectivity index (χ4n) is 1.61. The summed E-state index contributed by atoms with van der Waals surface area (Å²) >= 11 is 1.37. The standard InChI is InChI=1S/C12H7N3O3S/c16-12(17)8-4-2-1-3-7(8)10-14-15-11(18-10)9-5-13-6-19-9/h1-6H,(H,16,17). The van der Waals surface area contributed by atoms with Gasteiger partial charge in [0.05, 0.1) is 22.8 Å². The van der Waals surface area contributed by atoms with Gasteiger partial charge in [0.25, 0.3) is 5.89 Å². The van der Waals surface area contributed by atoms with Crippen LogP contribution in [-0.4, -0.2) is 26.3 Å². The lowest BCUT2D eigenvalue weighted by molar-refractivity contribution is 0.0697. The normalized spacial score (nSPS) is 10.5. The van der Waals surface area contributed by atoms with Crippen LogP contribution in [0.2, 0.25) is 0 Å². The largest absolute Gasteiger partial charge is 0.478 e. The van der Waals surface area contributed by atoms with Crippen LogP contribution in [0.1, 0.15) is 10.4 Å². The average Bonchev–Trinajstić information content (AvgIpc) is 3.09. The van der Waals surface area contributed by atoms with E-state index in [2.05, 4.69) is 15.2 Å². The van der Waals surface area contributed by atoms with Crippen molar-refractivity contribution < 1.29 is 14.3 Å². The number of hydrogen-bond donors (Lipinski definition) is 1. The SMILES string of the molecule is O=C(O)c1ccccc1-c1nnc(-c2cncs2)o1. The number of carboxylic acid groups (broad SMARTS) is 1. The quantitative estimate of drug-likeness (QED) is 0.788. The average molecular weight is 273 g/mol. The van der Waals surface area contributed by atoms with Crippen molar-refractivity contribution in [2.75, 3.05) is 0 Å². The van der Waals surface area contributed by atoms with Gasteiger partial charge in [-0.3, -0.25) is 4.98 Å². The van der Waals surface area contributed by atoms with Crippen molar-refractivity contribution in [2.24, 2.45) is 0 Å². The molecule has 6 nitrogen and oxygen atoms in total. The van der Waals surface area contributed by atoms with Gasteiger partial charge in [0, 0.05) is 0 Å². The number of carboxylic acids is 1. The van der Waals surface area contributed by atoms with Gasteiger partial charge in [0.2, 0.25) is 5.89 Å². The Bertz CT molecular complexity index is 721. The monoisotopic (exact) mass is 273 g/mol. The Morgan fingerprint density at radius 1 is 1.21 bits per heavy atom. The maximum Gasteiger partial charge on any atom is 0.336 e. The van der Waals surface area contributed by atoms with Crippen molar-refractivity contribution in [1.29, 1.82) is 0 Å². The summed E-state index contributed by atoms with van der Waals surface area (Å²) in [5, 5.41) is 16.9. The molecule has 94 valence electrons. The van der Waals surface area contributed by atoms with E-state index in [1.807, 2.05) is 0 Å². The number of nitrogens with zero attached hydrogens (tertiary/aromatic N) is 3. The van der Waals surface area contributed by atoms with Crippen molar-refractivity contribution in [3.05, 3.63) is 41.5 Å². The lowest BCUT2D eigenvalue weighted by Crippen LogP contribution is -1.98. The molecule has 0 aliphatic heterocycles. The first-order valence-corrected chi connectivity index (χ1v) is 6.19. The molecule has 0 unspecified atom stereocenters. The fourth-order valence-corrected chi connectivity index (χ4v) is 2.15. The Morgan fingerprint density at radius 2 is 2.00 bits per heavy atom. The highest BCUT2D eigenvalue weighted by Gasteiger charge is 2.17. The minimum Gasteiger partial charge on any atom is -0.478 e. The van der Waals surface area contributed by atoms with Crippen molar-refractivity contribution in [2.45, 2.75) is 0 Å². The number of thiazole rings is 1. The van der Waals surface area contributed by atoms with Crippen LogP contribution in [0.15, 0.2) is 40.4 Å². The molecule has 0 aliphatic carbocycles. The Kier molecular flexibility index (Phi) is 2.81. The summed E-state index contributed by atoms with van der Waals surface area (Å²) in [6.45, 7) is 0. The number of aromatic nitrogens is 3. The van der Waals surface area contributed by atoms with Crippen LogP contribution in [0.5, 0.6) is 0 Å². The van der Waals surface area contributed by atoms with Crippen LogP contribution >= 0.6 is 11.3 Å². The van der Waals surface area contributed by atoms with Crippen LogP contribution in [0, 0.1) is 0 Å². The van der Waals surface area contributed by atoms with Crippen LogP contribution in [0.25, 0.3) is 22.2 Å². The van der Waals surface area contributed by atoms with Gasteiger partial charge in [0.15, 0.2) is 0 Å². The summed E-state index contributed by atoms with van der Waals surface area (Å²) < 4.78 is 5.49. The predicted molar refractivity (Wildman–Crippen MR) is 67.8 cm³/mol. The molecular formula is C12H7N3O3S. The first-order valence-electron chi connectivity index (χ1n) is 5.31. The molecule has 0 saturated carbocycles. The third kappa shape index (κ3) is 2.11. The first-order chi connectivity index (χ1) is 9.25. The predicted octanol–water partition coefficient (Wildman–Crippen LogP) is 2.56. The van der Waals surface area contributed by atoms with E-state index >= 15 is 0 Å². The summed E-state index contributed by atoms with van der Waals surface area (Å²) in [4.78, 5) is 15.8. The van der Waals surface area contributed by atoms with Crippen molar-refractivity contribution in [3.8, 4) is 22.2 Å². The zero-order valence-corrected chi connectivity index (χ0v) is 10.3. The number of aromatic carboxylic acids is 1. The lowest BCUT2D eigenvalue weighted by Gasteiger charge is -1.99. The Morgan fingerprint density at radius 3 is 2.74 bits per heavy atom. The summed E-state index contributed by atoms with van der Waals surface area (Å²) in [6.07, 6.45) is 1.62. The third-order valence-electron chi connectivity index (χ3n) is 2.46. The second-order valence-electron chi connectivity index (χ2n) is 3.63. The molecule has 3 rings (SSSR count). The number of hydrogen-bond acceptors (Lipinski definition) is 6. The molecular weight excluding hydrogens is 266 g/mol. The van der Waals surface area contributed by atoms with Crippen LogP contribution in [0.3, 0.4) is 0 Å². The Hall–Kier alpha value is -2.54. The van der Waals surface area contributed by atoms with Crippen molar-refractivity contribution in [3.63, 3.8) is 0 Å². The molecule has 3 aromatic rings. The molecule has 0 aliphatic rings. The van der Waals surface area contributed by atoms with Crippen LogP contribution in [-0.2, 0) is 0 Å². The molecule has 19 heavy (non-hydrogen) atoms. The summed E-state index contributed by atoms with van der Waals surface area (Å²) in [7, 11) is 0. The van der Waals surface area contributed by atoms with E-state index in [1.54, 1.807) is 29.9 Å². The van der Waals surface area contributed by atoms with Crippen LogP contribution in [0.4, 0.5) is 0 Å². The van der Waals surface area contributed by atoms with Gasteiger partial charge in [-0.15, -0.1) is 21.5 Å². The Labute approximate surface area is 111 Å². The Balaban J connectivity index is 2.06. The number of carbonyl (C=O) groups is 1. The third-order valence-corrected chi connectivity index (χ3v) is 3.22. The highest BCUT2D eigenvalue weighted by atomic mass is 32.1. The summed E-state index contributed by atoms with van der Waals surface area (Å²) in [5.41, 5.74) is 2.19. The lowest BCUT2D eigenvalue weighted by atomic mass is 10.1. The molecule has 2 heterocycles. The minimum atomic E-state index is -1.03.